The van der Waals surface area contributed by atoms with Gasteiger partial charge in [0.15, 0.2) is 0 Å². The summed E-state index contributed by atoms with van der Waals surface area (Å²) in [6.45, 7) is 15.7. The molecule has 0 aromatic rings. The lowest BCUT2D eigenvalue weighted by atomic mass is 10.8. The van der Waals surface area contributed by atoms with Crippen LogP contribution in [0.3, 0.4) is 0 Å². The predicted molar refractivity (Wildman–Crippen MR) is 67.1 cm³/mol. The normalized spacial score (nSPS) is 12.9. The maximum Gasteiger partial charge on any atom is 0.122 e. The van der Waals surface area contributed by atoms with Crippen LogP contribution in [0, 0.1) is 0 Å². The molecule has 0 aliphatic heterocycles. The first-order valence-electron chi connectivity index (χ1n) is 5.65. The van der Waals surface area contributed by atoms with E-state index in [9.17, 15) is 0 Å². The Hall–Kier alpha value is 0.394. The monoisotopic (exact) mass is 216 g/mol. The SMILES string of the molecule is CCN([Si](C)C)[Si](CC)(CC)CC. The second kappa shape index (κ2) is 5.99. The Morgan fingerprint density at radius 2 is 1.31 bits per heavy atom. The van der Waals surface area contributed by atoms with Gasteiger partial charge in [-0.25, -0.2) is 0 Å². The first-order chi connectivity index (χ1) is 6.07. The molecule has 0 saturated heterocycles. The molecule has 0 unspecified atom stereocenters. The molecule has 0 amide bonds. The highest BCUT2D eigenvalue weighted by Gasteiger charge is 2.34. The Labute approximate surface area is 87.3 Å². The van der Waals surface area contributed by atoms with E-state index in [0.29, 0.717) is 0 Å². The van der Waals surface area contributed by atoms with Crippen molar-refractivity contribution in [3.8, 4) is 0 Å². The van der Waals surface area contributed by atoms with Gasteiger partial charge in [0.1, 0.15) is 17.2 Å². The molecule has 0 spiro atoms. The second-order valence-corrected chi connectivity index (χ2v) is 12.0. The van der Waals surface area contributed by atoms with Crippen molar-refractivity contribution in [2.75, 3.05) is 6.54 Å². The fourth-order valence-electron chi connectivity index (χ4n) is 2.45. The van der Waals surface area contributed by atoms with E-state index in [1.54, 1.807) is 0 Å². The van der Waals surface area contributed by atoms with Crippen LogP contribution in [0.2, 0.25) is 31.2 Å². The molecular formula is C10H26NSi2. The van der Waals surface area contributed by atoms with E-state index in [4.69, 9.17) is 0 Å². The third-order valence-corrected chi connectivity index (χ3v) is 13.0. The first kappa shape index (κ1) is 13.4. The molecule has 0 rings (SSSR count). The van der Waals surface area contributed by atoms with Crippen LogP contribution in [0.15, 0.2) is 0 Å². The minimum Gasteiger partial charge on any atom is -0.346 e. The third kappa shape index (κ3) is 2.93. The molecular weight excluding hydrogens is 190 g/mol. The van der Waals surface area contributed by atoms with Crippen molar-refractivity contribution < 1.29 is 0 Å². The van der Waals surface area contributed by atoms with E-state index in [1.165, 1.54) is 24.7 Å². The Kier molecular flexibility index (Phi) is 6.17. The molecule has 0 aromatic carbocycles. The fraction of sp³-hybridized carbons (Fsp3) is 1.00. The standard InChI is InChI=1S/C10H26NSi2/c1-7-11(12(5)6)13(8-2,9-3)10-4/h7-10H2,1-6H3. The number of hydrogen-bond donors (Lipinski definition) is 0. The van der Waals surface area contributed by atoms with Gasteiger partial charge in [0.05, 0.1) is 0 Å². The molecule has 0 aliphatic rings. The Bertz CT molecular complexity index is 125. The Morgan fingerprint density at radius 3 is 1.38 bits per heavy atom. The van der Waals surface area contributed by atoms with Crippen molar-refractivity contribution in [2.24, 2.45) is 0 Å². The van der Waals surface area contributed by atoms with Gasteiger partial charge in [-0.2, -0.15) is 0 Å². The largest absolute Gasteiger partial charge is 0.346 e. The lowest BCUT2D eigenvalue weighted by Gasteiger charge is -2.42. The maximum absolute atomic E-state index is 2.89. The van der Waals surface area contributed by atoms with Crippen LogP contribution in [-0.4, -0.2) is 28.0 Å². The number of nitrogens with zero attached hydrogens (tertiary/aromatic N) is 1. The molecule has 0 N–H and O–H groups in total. The highest BCUT2D eigenvalue weighted by Crippen LogP contribution is 2.25. The van der Waals surface area contributed by atoms with Crippen LogP contribution >= 0.6 is 0 Å². The highest BCUT2D eigenvalue weighted by molar-refractivity contribution is 6.85. The van der Waals surface area contributed by atoms with Gasteiger partial charge in [0.25, 0.3) is 0 Å². The zero-order chi connectivity index (χ0) is 10.5. The van der Waals surface area contributed by atoms with Crippen molar-refractivity contribution in [2.45, 2.75) is 58.9 Å². The molecule has 0 aromatic heterocycles. The molecule has 0 aliphatic carbocycles. The van der Waals surface area contributed by atoms with Crippen LogP contribution < -0.4 is 0 Å². The van der Waals surface area contributed by atoms with Gasteiger partial charge in [0.2, 0.25) is 0 Å². The molecule has 0 fully saturated rings. The van der Waals surface area contributed by atoms with Gasteiger partial charge in [-0.15, -0.1) is 0 Å². The van der Waals surface area contributed by atoms with Crippen LogP contribution in [0.4, 0.5) is 0 Å². The highest BCUT2D eigenvalue weighted by atomic mass is 28.4. The van der Waals surface area contributed by atoms with Crippen molar-refractivity contribution >= 4 is 17.2 Å². The van der Waals surface area contributed by atoms with E-state index in [1.807, 2.05) is 0 Å². The maximum atomic E-state index is 2.89. The molecule has 0 saturated carbocycles. The van der Waals surface area contributed by atoms with Crippen molar-refractivity contribution in [3.05, 3.63) is 0 Å². The summed E-state index contributed by atoms with van der Waals surface area (Å²) < 4.78 is 2.89. The molecule has 0 atom stereocenters. The summed E-state index contributed by atoms with van der Waals surface area (Å²) >= 11 is 0. The zero-order valence-corrected chi connectivity index (χ0v) is 12.3. The van der Waals surface area contributed by atoms with Crippen LogP contribution in [-0.2, 0) is 0 Å². The summed E-state index contributed by atoms with van der Waals surface area (Å²) in [5.74, 6) is 0. The summed E-state index contributed by atoms with van der Waals surface area (Å²) in [6.07, 6.45) is 0. The van der Waals surface area contributed by atoms with Gasteiger partial charge in [0, 0.05) is 0 Å². The molecule has 13 heavy (non-hydrogen) atoms. The average molecular weight is 216 g/mol. The summed E-state index contributed by atoms with van der Waals surface area (Å²) in [4.78, 5) is 0. The van der Waals surface area contributed by atoms with Crippen LogP contribution in [0.25, 0.3) is 0 Å². The zero-order valence-electron chi connectivity index (χ0n) is 10.3. The fourth-order valence-corrected chi connectivity index (χ4v) is 11.6. The molecule has 3 heteroatoms. The Morgan fingerprint density at radius 1 is 0.923 bits per heavy atom. The molecule has 1 radical (unpaired) electrons. The summed E-state index contributed by atoms with van der Waals surface area (Å²) in [6, 6.07) is 4.30. The lowest BCUT2D eigenvalue weighted by molar-refractivity contribution is 0.643. The minimum atomic E-state index is -1.03. The van der Waals surface area contributed by atoms with E-state index in [2.05, 4.69) is 45.0 Å². The smallest absolute Gasteiger partial charge is 0.122 e. The van der Waals surface area contributed by atoms with E-state index >= 15 is 0 Å². The number of hydrogen-bond acceptors (Lipinski definition) is 1. The second-order valence-electron chi connectivity index (χ2n) is 3.98. The van der Waals surface area contributed by atoms with Gasteiger partial charge < -0.3 is 4.23 Å². The molecule has 1 nitrogen and oxygen atoms in total. The van der Waals surface area contributed by atoms with Crippen LogP contribution in [0.5, 0.6) is 0 Å². The minimum absolute atomic E-state index is 0.221. The van der Waals surface area contributed by atoms with Crippen molar-refractivity contribution in [3.63, 3.8) is 0 Å². The van der Waals surface area contributed by atoms with Gasteiger partial charge in [-0.1, -0.05) is 40.8 Å². The average Bonchev–Trinajstić information content (AvgIpc) is 2.13. The summed E-state index contributed by atoms with van der Waals surface area (Å²) in [5.41, 5.74) is 0. The van der Waals surface area contributed by atoms with E-state index in [0.717, 1.165) is 0 Å². The summed E-state index contributed by atoms with van der Waals surface area (Å²) in [5, 5.41) is 0. The molecule has 0 heterocycles. The third-order valence-electron chi connectivity index (χ3n) is 3.40. The molecule has 79 valence electrons. The van der Waals surface area contributed by atoms with E-state index < -0.39 is 8.24 Å². The van der Waals surface area contributed by atoms with Crippen molar-refractivity contribution in [1.29, 1.82) is 0 Å². The van der Waals surface area contributed by atoms with Gasteiger partial charge >= 0.3 is 0 Å². The Balaban J connectivity index is 4.65. The van der Waals surface area contributed by atoms with Crippen LogP contribution in [0.1, 0.15) is 27.7 Å². The van der Waals surface area contributed by atoms with Gasteiger partial charge in [-0.3, -0.25) is 0 Å². The predicted octanol–water partition coefficient (Wildman–Crippen LogP) is 3.56. The van der Waals surface area contributed by atoms with Crippen molar-refractivity contribution in [1.82, 2.24) is 4.23 Å². The summed E-state index contributed by atoms with van der Waals surface area (Å²) in [7, 11) is -1.25. The molecule has 0 bridgehead atoms. The lowest BCUT2D eigenvalue weighted by Crippen LogP contribution is -2.56. The first-order valence-corrected chi connectivity index (χ1v) is 10.7. The van der Waals surface area contributed by atoms with Gasteiger partial charge in [-0.05, 0) is 24.7 Å². The quantitative estimate of drug-likeness (QED) is 0.614. The number of rotatable bonds is 6. The van der Waals surface area contributed by atoms with E-state index in [-0.39, 0.29) is 8.96 Å². The topological polar surface area (TPSA) is 3.24 Å².